The van der Waals surface area contributed by atoms with Gasteiger partial charge in [0.2, 0.25) is 5.13 Å². The van der Waals surface area contributed by atoms with E-state index in [0.717, 1.165) is 11.1 Å². The molecule has 0 aliphatic carbocycles. The van der Waals surface area contributed by atoms with Crippen molar-refractivity contribution >= 4 is 40.1 Å². The normalized spacial score (nSPS) is 10.9. The number of halogens is 1. The van der Waals surface area contributed by atoms with Crippen LogP contribution in [0, 0.1) is 6.92 Å². The van der Waals surface area contributed by atoms with Gasteiger partial charge in [-0.25, -0.2) is 4.98 Å². The minimum Gasteiger partial charge on any atom is -0.493 e. The Morgan fingerprint density at radius 1 is 1.28 bits per heavy atom. The standard InChI is InChI=1S/C21H20ClN3O3S/c1-13-20(14(2)26)29-21(24-13)25-23-11-15-8-9-18(19(10-15)27-3)28-12-16-6-4-5-7-17(16)22/h4-11H,12H2,1-3H3,(H,24,25)/b23-11+. The number of hydrogen-bond donors (Lipinski definition) is 1. The molecule has 0 saturated heterocycles. The average Bonchev–Trinajstić information content (AvgIpc) is 3.08. The second kappa shape index (κ2) is 9.54. The van der Waals surface area contributed by atoms with Crippen LogP contribution in [0.15, 0.2) is 47.6 Å². The highest BCUT2D eigenvalue weighted by atomic mass is 35.5. The molecule has 150 valence electrons. The minimum atomic E-state index is -0.00542. The van der Waals surface area contributed by atoms with E-state index < -0.39 is 0 Å². The van der Waals surface area contributed by atoms with Crippen molar-refractivity contribution in [3.8, 4) is 11.5 Å². The molecule has 0 aliphatic rings. The molecule has 0 bridgehead atoms. The van der Waals surface area contributed by atoms with Gasteiger partial charge in [0.1, 0.15) is 6.61 Å². The predicted molar refractivity (Wildman–Crippen MR) is 117 cm³/mol. The summed E-state index contributed by atoms with van der Waals surface area (Å²) in [5.74, 6) is 1.19. The molecular formula is C21H20ClN3O3S. The maximum Gasteiger partial charge on any atom is 0.204 e. The number of thiazole rings is 1. The van der Waals surface area contributed by atoms with Gasteiger partial charge in [0.05, 0.1) is 23.9 Å². The number of methoxy groups -OCH3 is 1. The average molecular weight is 430 g/mol. The van der Waals surface area contributed by atoms with Crippen molar-refractivity contribution in [1.82, 2.24) is 4.98 Å². The van der Waals surface area contributed by atoms with Gasteiger partial charge in [0.25, 0.3) is 0 Å². The van der Waals surface area contributed by atoms with E-state index in [1.165, 1.54) is 18.3 Å². The number of hydrogen-bond acceptors (Lipinski definition) is 7. The number of nitrogens with one attached hydrogen (secondary N) is 1. The molecule has 0 aliphatic heterocycles. The van der Waals surface area contributed by atoms with Gasteiger partial charge in [-0.15, -0.1) is 0 Å². The van der Waals surface area contributed by atoms with Gasteiger partial charge in [-0.3, -0.25) is 10.2 Å². The van der Waals surface area contributed by atoms with E-state index in [0.29, 0.717) is 38.8 Å². The fourth-order valence-corrected chi connectivity index (χ4v) is 3.59. The lowest BCUT2D eigenvalue weighted by Gasteiger charge is -2.12. The summed E-state index contributed by atoms with van der Waals surface area (Å²) < 4.78 is 11.3. The molecule has 29 heavy (non-hydrogen) atoms. The quantitative estimate of drug-likeness (QED) is 0.297. The number of aryl methyl sites for hydroxylation is 1. The number of Topliss-reactive ketones (excluding diaryl/α,β-unsaturated/α-hetero) is 1. The number of aromatic nitrogens is 1. The third-order valence-electron chi connectivity index (χ3n) is 4.02. The van der Waals surface area contributed by atoms with Gasteiger partial charge in [-0.1, -0.05) is 41.1 Å². The largest absolute Gasteiger partial charge is 0.493 e. The number of carbonyl (C=O) groups excluding carboxylic acids is 1. The number of hydrazone groups is 1. The van der Waals surface area contributed by atoms with Gasteiger partial charge in [0.15, 0.2) is 17.3 Å². The van der Waals surface area contributed by atoms with Crippen LogP contribution in [0.25, 0.3) is 0 Å². The molecule has 3 rings (SSSR count). The molecule has 0 spiro atoms. The summed E-state index contributed by atoms with van der Waals surface area (Å²) in [5.41, 5.74) is 5.27. The zero-order chi connectivity index (χ0) is 20.8. The first-order valence-corrected chi connectivity index (χ1v) is 9.99. The van der Waals surface area contributed by atoms with Gasteiger partial charge in [0, 0.05) is 17.5 Å². The molecule has 3 aromatic rings. The Kier molecular flexibility index (Phi) is 6.85. The van der Waals surface area contributed by atoms with Crippen LogP contribution in [-0.2, 0) is 6.61 Å². The third kappa shape index (κ3) is 5.34. The number of ketones is 1. The van der Waals surface area contributed by atoms with Gasteiger partial charge in [-0.05, 0) is 36.8 Å². The molecule has 2 aromatic carbocycles. The molecule has 0 saturated carbocycles. The van der Waals surface area contributed by atoms with E-state index >= 15 is 0 Å². The van der Waals surface area contributed by atoms with Crippen molar-refractivity contribution in [3.63, 3.8) is 0 Å². The highest BCUT2D eigenvalue weighted by Crippen LogP contribution is 2.29. The van der Waals surface area contributed by atoms with Crippen LogP contribution in [0.2, 0.25) is 5.02 Å². The molecule has 0 fully saturated rings. The smallest absolute Gasteiger partial charge is 0.204 e. The number of nitrogens with zero attached hydrogens (tertiary/aromatic N) is 2. The van der Waals surface area contributed by atoms with Gasteiger partial charge in [-0.2, -0.15) is 5.10 Å². The van der Waals surface area contributed by atoms with Crippen molar-refractivity contribution in [2.24, 2.45) is 5.10 Å². The summed E-state index contributed by atoms with van der Waals surface area (Å²) in [4.78, 5) is 16.4. The van der Waals surface area contributed by atoms with Crippen LogP contribution in [0.5, 0.6) is 11.5 Å². The summed E-state index contributed by atoms with van der Waals surface area (Å²) in [6.45, 7) is 3.66. The maximum absolute atomic E-state index is 11.5. The van der Waals surface area contributed by atoms with Crippen molar-refractivity contribution in [2.75, 3.05) is 12.5 Å². The molecule has 0 amide bonds. The summed E-state index contributed by atoms with van der Waals surface area (Å²) >= 11 is 7.44. The number of ether oxygens (including phenoxy) is 2. The van der Waals surface area contributed by atoms with Crippen LogP contribution in [0.1, 0.15) is 33.4 Å². The van der Waals surface area contributed by atoms with E-state index in [1.807, 2.05) is 42.5 Å². The van der Waals surface area contributed by atoms with Gasteiger partial charge < -0.3 is 9.47 Å². The van der Waals surface area contributed by atoms with Crippen LogP contribution in [-0.4, -0.2) is 24.1 Å². The zero-order valence-electron chi connectivity index (χ0n) is 16.2. The van der Waals surface area contributed by atoms with E-state index in [1.54, 1.807) is 20.2 Å². The Labute approximate surface area is 178 Å². The maximum atomic E-state index is 11.5. The van der Waals surface area contributed by atoms with Crippen molar-refractivity contribution < 1.29 is 14.3 Å². The van der Waals surface area contributed by atoms with Crippen molar-refractivity contribution in [2.45, 2.75) is 20.5 Å². The lowest BCUT2D eigenvalue weighted by Crippen LogP contribution is -1.99. The Morgan fingerprint density at radius 2 is 2.07 bits per heavy atom. The van der Waals surface area contributed by atoms with E-state index in [-0.39, 0.29) is 5.78 Å². The Morgan fingerprint density at radius 3 is 2.76 bits per heavy atom. The first-order valence-electron chi connectivity index (χ1n) is 8.79. The number of anilines is 1. The van der Waals surface area contributed by atoms with Crippen LogP contribution in [0.4, 0.5) is 5.13 Å². The van der Waals surface area contributed by atoms with Crippen molar-refractivity contribution in [3.05, 3.63) is 69.2 Å². The predicted octanol–water partition coefficient (Wildman–Crippen LogP) is 5.34. The summed E-state index contributed by atoms with van der Waals surface area (Å²) in [6, 6.07) is 13.0. The molecule has 8 heteroatoms. The molecule has 0 atom stereocenters. The highest BCUT2D eigenvalue weighted by molar-refractivity contribution is 7.17. The van der Waals surface area contributed by atoms with E-state index in [4.69, 9.17) is 21.1 Å². The molecule has 1 N–H and O–H groups in total. The Balaban J connectivity index is 1.66. The molecule has 0 radical (unpaired) electrons. The second-order valence-electron chi connectivity index (χ2n) is 6.15. The summed E-state index contributed by atoms with van der Waals surface area (Å²) in [6.07, 6.45) is 1.64. The van der Waals surface area contributed by atoms with Crippen LogP contribution in [0.3, 0.4) is 0 Å². The summed E-state index contributed by atoms with van der Waals surface area (Å²) in [7, 11) is 1.58. The SMILES string of the molecule is COc1cc(/C=N/Nc2nc(C)c(C(C)=O)s2)ccc1OCc1ccccc1Cl. The van der Waals surface area contributed by atoms with E-state index in [2.05, 4.69) is 15.5 Å². The summed E-state index contributed by atoms with van der Waals surface area (Å²) in [5, 5.41) is 5.41. The van der Waals surface area contributed by atoms with Crippen molar-refractivity contribution in [1.29, 1.82) is 0 Å². The lowest BCUT2D eigenvalue weighted by atomic mass is 10.2. The Hall–Kier alpha value is -2.90. The zero-order valence-corrected chi connectivity index (χ0v) is 17.8. The first-order chi connectivity index (χ1) is 14.0. The molecule has 1 heterocycles. The lowest BCUT2D eigenvalue weighted by molar-refractivity contribution is 0.102. The second-order valence-corrected chi connectivity index (χ2v) is 7.56. The van der Waals surface area contributed by atoms with Crippen LogP contribution < -0.4 is 14.9 Å². The Bertz CT molecular complexity index is 1050. The van der Waals surface area contributed by atoms with Crippen LogP contribution >= 0.6 is 22.9 Å². The number of benzene rings is 2. The molecular weight excluding hydrogens is 410 g/mol. The molecule has 0 unspecified atom stereocenters. The monoisotopic (exact) mass is 429 g/mol. The number of rotatable bonds is 8. The number of carbonyl (C=O) groups is 1. The fraction of sp³-hybridized carbons (Fsp3) is 0.190. The highest BCUT2D eigenvalue weighted by Gasteiger charge is 2.11. The first kappa shape index (κ1) is 20.8. The topological polar surface area (TPSA) is 72.8 Å². The third-order valence-corrected chi connectivity index (χ3v) is 5.55. The molecule has 6 nitrogen and oxygen atoms in total. The van der Waals surface area contributed by atoms with E-state index in [9.17, 15) is 4.79 Å². The minimum absolute atomic E-state index is 0.00542. The fourth-order valence-electron chi connectivity index (χ4n) is 2.59. The molecule has 1 aromatic heterocycles. The van der Waals surface area contributed by atoms with Gasteiger partial charge >= 0.3 is 0 Å².